The standard InChI is InChI=1S/C14H18BrNO/c1-10-8-12(6-7-13(10)15)14(17)16(2)9-11-4-3-5-11/h6-8,11H,3-5,9H2,1-2H3. The van der Waals surface area contributed by atoms with E-state index < -0.39 is 0 Å². The first-order valence-electron chi connectivity index (χ1n) is 6.09. The zero-order valence-corrected chi connectivity index (χ0v) is 12.0. The molecule has 2 rings (SSSR count). The highest BCUT2D eigenvalue weighted by atomic mass is 79.9. The minimum atomic E-state index is 0.132. The van der Waals surface area contributed by atoms with E-state index in [9.17, 15) is 4.79 Å². The van der Waals surface area contributed by atoms with E-state index in [2.05, 4.69) is 15.9 Å². The molecule has 0 saturated heterocycles. The maximum absolute atomic E-state index is 12.2. The smallest absolute Gasteiger partial charge is 0.253 e. The van der Waals surface area contributed by atoms with E-state index in [-0.39, 0.29) is 5.91 Å². The number of halogens is 1. The molecule has 0 aliphatic heterocycles. The lowest BCUT2D eigenvalue weighted by Gasteiger charge is -2.30. The van der Waals surface area contributed by atoms with E-state index in [1.807, 2.05) is 37.1 Å². The quantitative estimate of drug-likeness (QED) is 0.834. The third-order valence-corrected chi connectivity index (χ3v) is 4.40. The van der Waals surface area contributed by atoms with Gasteiger partial charge in [0.25, 0.3) is 5.91 Å². The van der Waals surface area contributed by atoms with E-state index >= 15 is 0 Å². The number of hydrogen-bond acceptors (Lipinski definition) is 1. The molecule has 0 unspecified atom stereocenters. The number of rotatable bonds is 3. The van der Waals surface area contributed by atoms with E-state index in [0.29, 0.717) is 0 Å². The normalized spacial score (nSPS) is 15.5. The fourth-order valence-corrected chi connectivity index (χ4v) is 2.39. The van der Waals surface area contributed by atoms with Gasteiger partial charge in [-0.3, -0.25) is 4.79 Å². The molecule has 1 aliphatic rings. The van der Waals surface area contributed by atoms with Crippen molar-refractivity contribution in [3.05, 3.63) is 33.8 Å². The number of aryl methyl sites for hydroxylation is 1. The van der Waals surface area contributed by atoms with Crippen molar-refractivity contribution in [3.8, 4) is 0 Å². The molecule has 1 aromatic rings. The molecule has 1 saturated carbocycles. The minimum Gasteiger partial charge on any atom is -0.341 e. The number of hydrogen-bond donors (Lipinski definition) is 0. The molecule has 1 aliphatic carbocycles. The molecular weight excluding hydrogens is 278 g/mol. The largest absolute Gasteiger partial charge is 0.341 e. The van der Waals surface area contributed by atoms with Gasteiger partial charge in [0.15, 0.2) is 0 Å². The monoisotopic (exact) mass is 295 g/mol. The van der Waals surface area contributed by atoms with Crippen molar-refractivity contribution >= 4 is 21.8 Å². The van der Waals surface area contributed by atoms with Crippen molar-refractivity contribution in [2.45, 2.75) is 26.2 Å². The van der Waals surface area contributed by atoms with Gasteiger partial charge in [-0.25, -0.2) is 0 Å². The second-order valence-corrected chi connectivity index (χ2v) is 5.80. The van der Waals surface area contributed by atoms with Crippen molar-refractivity contribution in [2.75, 3.05) is 13.6 Å². The molecule has 0 heterocycles. The summed E-state index contributed by atoms with van der Waals surface area (Å²) in [5.41, 5.74) is 1.89. The van der Waals surface area contributed by atoms with Crippen LogP contribution >= 0.6 is 15.9 Å². The first-order chi connectivity index (χ1) is 8.08. The van der Waals surface area contributed by atoms with Gasteiger partial charge in [-0.05, 0) is 49.4 Å². The zero-order valence-electron chi connectivity index (χ0n) is 10.4. The van der Waals surface area contributed by atoms with Crippen LogP contribution in [0.4, 0.5) is 0 Å². The first-order valence-corrected chi connectivity index (χ1v) is 6.89. The minimum absolute atomic E-state index is 0.132. The lowest BCUT2D eigenvalue weighted by molar-refractivity contribution is 0.0745. The van der Waals surface area contributed by atoms with Gasteiger partial charge in [0.2, 0.25) is 0 Å². The Labute approximate surface area is 111 Å². The summed E-state index contributed by atoms with van der Waals surface area (Å²) in [7, 11) is 1.90. The second kappa shape index (κ2) is 5.21. The fraction of sp³-hybridized carbons (Fsp3) is 0.500. The summed E-state index contributed by atoms with van der Waals surface area (Å²) in [5, 5.41) is 0. The fourth-order valence-electron chi connectivity index (χ4n) is 2.14. The van der Waals surface area contributed by atoms with Crippen LogP contribution < -0.4 is 0 Å². The molecular formula is C14H18BrNO. The number of amides is 1. The Morgan fingerprint density at radius 3 is 2.71 bits per heavy atom. The molecule has 1 amide bonds. The molecule has 0 spiro atoms. The van der Waals surface area contributed by atoms with Crippen LogP contribution in [-0.2, 0) is 0 Å². The molecule has 0 atom stereocenters. The molecule has 0 radical (unpaired) electrons. The van der Waals surface area contributed by atoms with Crippen LogP contribution in [0, 0.1) is 12.8 Å². The average Bonchev–Trinajstić information content (AvgIpc) is 2.26. The SMILES string of the molecule is Cc1cc(C(=O)N(C)CC2CCC2)ccc1Br. The molecule has 1 aromatic carbocycles. The van der Waals surface area contributed by atoms with Crippen LogP contribution in [0.1, 0.15) is 35.2 Å². The van der Waals surface area contributed by atoms with Crippen LogP contribution in [0.25, 0.3) is 0 Å². The van der Waals surface area contributed by atoms with Crippen molar-refractivity contribution in [1.82, 2.24) is 4.90 Å². The molecule has 1 fully saturated rings. The van der Waals surface area contributed by atoms with Crippen molar-refractivity contribution in [1.29, 1.82) is 0 Å². The Kier molecular flexibility index (Phi) is 3.87. The predicted octanol–water partition coefficient (Wildman–Crippen LogP) is 3.63. The van der Waals surface area contributed by atoms with Crippen LogP contribution in [0.2, 0.25) is 0 Å². The highest BCUT2D eigenvalue weighted by Crippen LogP contribution is 2.27. The van der Waals surface area contributed by atoms with Gasteiger partial charge in [0.1, 0.15) is 0 Å². The van der Waals surface area contributed by atoms with Gasteiger partial charge >= 0.3 is 0 Å². The van der Waals surface area contributed by atoms with Crippen LogP contribution in [0.5, 0.6) is 0 Å². The molecule has 0 aromatic heterocycles. The van der Waals surface area contributed by atoms with Gasteiger partial charge in [-0.1, -0.05) is 22.4 Å². The van der Waals surface area contributed by atoms with E-state index in [1.54, 1.807) is 0 Å². The summed E-state index contributed by atoms with van der Waals surface area (Å²) in [6.07, 6.45) is 3.87. The Hall–Kier alpha value is -0.830. The van der Waals surface area contributed by atoms with Gasteiger partial charge < -0.3 is 4.90 Å². The lowest BCUT2D eigenvalue weighted by Crippen LogP contribution is -2.34. The van der Waals surface area contributed by atoms with Crippen LogP contribution in [0.15, 0.2) is 22.7 Å². The highest BCUT2D eigenvalue weighted by molar-refractivity contribution is 9.10. The van der Waals surface area contributed by atoms with E-state index in [1.165, 1.54) is 19.3 Å². The highest BCUT2D eigenvalue weighted by Gasteiger charge is 2.22. The van der Waals surface area contributed by atoms with E-state index in [0.717, 1.165) is 28.1 Å². The van der Waals surface area contributed by atoms with Gasteiger partial charge in [-0.2, -0.15) is 0 Å². The second-order valence-electron chi connectivity index (χ2n) is 4.95. The summed E-state index contributed by atoms with van der Waals surface area (Å²) >= 11 is 3.45. The van der Waals surface area contributed by atoms with Gasteiger partial charge in [0, 0.05) is 23.6 Å². The van der Waals surface area contributed by atoms with Crippen LogP contribution in [-0.4, -0.2) is 24.4 Å². The predicted molar refractivity (Wildman–Crippen MR) is 73.2 cm³/mol. The van der Waals surface area contributed by atoms with Crippen molar-refractivity contribution in [3.63, 3.8) is 0 Å². The summed E-state index contributed by atoms with van der Waals surface area (Å²) in [5.74, 6) is 0.855. The third-order valence-electron chi connectivity index (χ3n) is 3.51. The average molecular weight is 296 g/mol. The van der Waals surface area contributed by atoms with Crippen molar-refractivity contribution in [2.24, 2.45) is 5.92 Å². The first kappa shape index (κ1) is 12.6. The van der Waals surface area contributed by atoms with E-state index in [4.69, 9.17) is 0 Å². The summed E-state index contributed by atoms with van der Waals surface area (Å²) in [4.78, 5) is 14.0. The lowest BCUT2D eigenvalue weighted by atomic mass is 9.85. The Morgan fingerprint density at radius 1 is 1.47 bits per heavy atom. The summed E-state index contributed by atoms with van der Waals surface area (Å²) < 4.78 is 1.05. The molecule has 0 bridgehead atoms. The Balaban J connectivity index is 2.04. The molecule has 3 heteroatoms. The third kappa shape index (κ3) is 2.89. The van der Waals surface area contributed by atoms with Gasteiger partial charge in [-0.15, -0.1) is 0 Å². The Morgan fingerprint density at radius 2 is 2.18 bits per heavy atom. The zero-order chi connectivity index (χ0) is 12.4. The Bertz CT molecular complexity index is 426. The molecule has 17 heavy (non-hydrogen) atoms. The summed E-state index contributed by atoms with van der Waals surface area (Å²) in [6, 6.07) is 5.78. The number of carbonyl (C=O) groups is 1. The summed E-state index contributed by atoms with van der Waals surface area (Å²) in [6.45, 7) is 2.90. The maximum atomic E-state index is 12.2. The van der Waals surface area contributed by atoms with Crippen molar-refractivity contribution < 1.29 is 4.79 Å². The van der Waals surface area contributed by atoms with Gasteiger partial charge in [0.05, 0.1) is 0 Å². The number of benzene rings is 1. The number of carbonyl (C=O) groups excluding carboxylic acids is 1. The maximum Gasteiger partial charge on any atom is 0.253 e. The molecule has 92 valence electrons. The molecule has 0 N–H and O–H groups in total. The van der Waals surface area contributed by atoms with Crippen LogP contribution in [0.3, 0.4) is 0 Å². The topological polar surface area (TPSA) is 20.3 Å². The number of nitrogens with zero attached hydrogens (tertiary/aromatic N) is 1. The molecule has 2 nitrogen and oxygen atoms in total.